The van der Waals surface area contributed by atoms with Gasteiger partial charge in [0.1, 0.15) is 0 Å². The van der Waals surface area contributed by atoms with Gasteiger partial charge >= 0.3 is 5.97 Å². The predicted molar refractivity (Wildman–Crippen MR) is 75.0 cm³/mol. The highest BCUT2D eigenvalue weighted by Gasteiger charge is 2.09. The van der Waals surface area contributed by atoms with Crippen molar-refractivity contribution in [2.24, 2.45) is 5.92 Å². The van der Waals surface area contributed by atoms with Gasteiger partial charge in [0.2, 0.25) is 0 Å². The fourth-order valence-corrected chi connectivity index (χ4v) is 2.77. The van der Waals surface area contributed by atoms with Crippen molar-refractivity contribution in [3.63, 3.8) is 0 Å². The third kappa shape index (κ3) is 5.64. The van der Waals surface area contributed by atoms with Gasteiger partial charge in [0, 0.05) is 13.0 Å². The first-order valence-electron chi connectivity index (χ1n) is 5.74. The monoisotopic (exact) mass is 333 g/mol. The summed E-state index contributed by atoms with van der Waals surface area (Å²) in [6.07, 6.45) is 1.63. The maximum atomic E-state index is 11.7. The van der Waals surface area contributed by atoms with Crippen LogP contribution in [0.15, 0.2) is 15.9 Å². The second-order valence-electron chi connectivity index (χ2n) is 4.19. The molecule has 0 bridgehead atoms. The van der Waals surface area contributed by atoms with E-state index in [1.54, 1.807) is 6.07 Å². The van der Waals surface area contributed by atoms with Gasteiger partial charge in [-0.3, -0.25) is 9.59 Å². The Bertz CT molecular complexity index is 419. The second kappa shape index (κ2) is 7.53. The van der Waals surface area contributed by atoms with E-state index in [-0.39, 0.29) is 12.3 Å². The van der Waals surface area contributed by atoms with Crippen LogP contribution >= 0.6 is 27.3 Å². The molecule has 1 unspecified atom stereocenters. The minimum atomic E-state index is -0.769. The molecule has 1 heterocycles. The molecule has 0 aliphatic carbocycles. The molecule has 100 valence electrons. The van der Waals surface area contributed by atoms with Gasteiger partial charge in [0.15, 0.2) is 0 Å². The number of amides is 1. The highest BCUT2D eigenvalue weighted by atomic mass is 79.9. The number of carboxylic acids is 1. The Labute approximate surface area is 119 Å². The first-order chi connectivity index (χ1) is 8.49. The lowest BCUT2D eigenvalue weighted by molar-refractivity contribution is -0.137. The van der Waals surface area contributed by atoms with Gasteiger partial charge in [-0.05, 0) is 46.8 Å². The summed E-state index contributed by atoms with van der Waals surface area (Å²) < 4.78 is 0.933. The SMILES string of the molecule is CC(CCNC(=O)c1ccc(Br)s1)CCC(=O)O. The standard InChI is InChI=1S/C12H16BrNO3S/c1-8(2-5-11(15)16)6-7-14-12(17)9-3-4-10(13)18-9/h3-4,8H,2,5-7H2,1H3,(H,14,17)(H,15,16). The summed E-state index contributed by atoms with van der Waals surface area (Å²) in [5.41, 5.74) is 0. The van der Waals surface area contributed by atoms with E-state index in [0.29, 0.717) is 23.8 Å². The van der Waals surface area contributed by atoms with Crippen LogP contribution in [-0.4, -0.2) is 23.5 Å². The number of nitrogens with one attached hydrogen (secondary N) is 1. The van der Waals surface area contributed by atoms with E-state index in [9.17, 15) is 9.59 Å². The quantitative estimate of drug-likeness (QED) is 0.805. The number of hydrogen-bond acceptors (Lipinski definition) is 3. The summed E-state index contributed by atoms with van der Waals surface area (Å²) in [5.74, 6) is -0.540. The Morgan fingerprint density at radius 2 is 2.17 bits per heavy atom. The Kier molecular flexibility index (Phi) is 6.35. The molecule has 0 fully saturated rings. The van der Waals surface area contributed by atoms with Gasteiger partial charge in [-0.25, -0.2) is 0 Å². The van der Waals surface area contributed by atoms with Gasteiger partial charge in [-0.1, -0.05) is 6.92 Å². The average Bonchev–Trinajstić information content (AvgIpc) is 2.73. The minimum absolute atomic E-state index is 0.0730. The Morgan fingerprint density at radius 3 is 2.72 bits per heavy atom. The Hall–Kier alpha value is -0.880. The molecule has 0 aliphatic heterocycles. The lowest BCUT2D eigenvalue weighted by atomic mass is 10.0. The Balaban J connectivity index is 2.21. The van der Waals surface area contributed by atoms with E-state index >= 15 is 0 Å². The average molecular weight is 334 g/mol. The molecule has 0 saturated heterocycles. The molecule has 2 N–H and O–H groups in total. The van der Waals surface area contributed by atoms with Crippen LogP contribution in [0.5, 0.6) is 0 Å². The van der Waals surface area contributed by atoms with Crippen LogP contribution in [0.25, 0.3) is 0 Å². The molecule has 0 aliphatic rings. The molecule has 0 spiro atoms. The van der Waals surface area contributed by atoms with Crippen LogP contribution < -0.4 is 5.32 Å². The smallest absolute Gasteiger partial charge is 0.303 e. The van der Waals surface area contributed by atoms with E-state index < -0.39 is 5.97 Å². The molecule has 0 saturated carbocycles. The number of thiophene rings is 1. The van der Waals surface area contributed by atoms with Crippen LogP contribution in [0, 0.1) is 5.92 Å². The molecule has 1 amide bonds. The zero-order valence-corrected chi connectivity index (χ0v) is 12.5. The highest BCUT2D eigenvalue weighted by molar-refractivity contribution is 9.11. The number of halogens is 1. The lowest BCUT2D eigenvalue weighted by Gasteiger charge is -2.10. The van der Waals surface area contributed by atoms with Crippen molar-refractivity contribution in [2.45, 2.75) is 26.2 Å². The molecule has 18 heavy (non-hydrogen) atoms. The zero-order chi connectivity index (χ0) is 13.5. The summed E-state index contributed by atoms with van der Waals surface area (Å²) in [4.78, 5) is 22.8. The molecule has 4 nitrogen and oxygen atoms in total. The normalized spacial score (nSPS) is 12.1. The fourth-order valence-electron chi connectivity index (χ4n) is 1.47. The highest BCUT2D eigenvalue weighted by Crippen LogP contribution is 2.21. The van der Waals surface area contributed by atoms with Crippen molar-refractivity contribution in [1.82, 2.24) is 5.32 Å². The van der Waals surface area contributed by atoms with Crippen LogP contribution in [-0.2, 0) is 4.79 Å². The summed E-state index contributed by atoms with van der Waals surface area (Å²) >= 11 is 4.70. The largest absolute Gasteiger partial charge is 0.481 e. The first kappa shape index (κ1) is 15.2. The molecule has 1 aromatic heterocycles. The number of hydrogen-bond donors (Lipinski definition) is 2. The van der Waals surface area contributed by atoms with Crippen LogP contribution in [0.4, 0.5) is 0 Å². The van der Waals surface area contributed by atoms with Crippen LogP contribution in [0.3, 0.4) is 0 Å². The van der Waals surface area contributed by atoms with E-state index in [1.165, 1.54) is 11.3 Å². The third-order valence-corrected chi connectivity index (χ3v) is 4.19. The molecular weight excluding hydrogens is 318 g/mol. The van der Waals surface area contributed by atoms with E-state index in [1.807, 2.05) is 13.0 Å². The molecule has 1 aromatic rings. The number of carbonyl (C=O) groups is 2. The van der Waals surface area contributed by atoms with Crippen molar-refractivity contribution >= 4 is 39.1 Å². The van der Waals surface area contributed by atoms with Crippen molar-refractivity contribution in [1.29, 1.82) is 0 Å². The summed E-state index contributed by atoms with van der Waals surface area (Å²) in [6, 6.07) is 3.62. The maximum absolute atomic E-state index is 11.7. The molecule has 0 radical (unpaired) electrons. The van der Waals surface area contributed by atoms with Crippen molar-refractivity contribution < 1.29 is 14.7 Å². The van der Waals surface area contributed by atoms with Crippen LogP contribution in [0.1, 0.15) is 35.9 Å². The topological polar surface area (TPSA) is 66.4 Å². The van der Waals surface area contributed by atoms with Gasteiger partial charge < -0.3 is 10.4 Å². The number of carbonyl (C=O) groups excluding carboxylic acids is 1. The van der Waals surface area contributed by atoms with Gasteiger partial charge in [-0.15, -0.1) is 11.3 Å². The Morgan fingerprint density at radius 1 is 1.44 bits per heavy atom. The minimum Gasteiger partial charge on any atom is -0.481 e. The van der Waals surface area contributed by atoms with Crippen molar-refractivity contribution in [2.75, 3.05) is 6.54 Å². The van der Waals surface area contributed by atoms with E-state index in [0.717, 1.165) is 10.2 Å². The van der Waals surface area contributed by atoms with Crippen LogP contribution in [0.2, 0.25) is 0 Å². The van der Waals surface area contributed by atoms with Gasteiger partial charge in [0.25, 0.3) is 5.91 Å². The van der Waals surface area contributed by atoms with E-state index in [2.05, 4.69) is 21.2 Å². The predicted octanol–water partition coefficient (Wildman–Crippen LogP) is 3.13. The number of rotatable bonds is 7. The summed E-state index contributed by atoms with van der Waals surface area (Å²) in [7, 11) is 0. The maximum Gasteiger partial charge on any atom is 0.303 e. The zero-order valence-electron chi connectivity index (χ0n) is 10.1. The molecular formula is C12H16BrNO3S. The van der Waals surface area contributed by atoms with E-state index in [4.69, 9.17) is 5.11 Å². The van der Waals surface area contributed by atoms with Gasteiger partial charge in [-0.2, -0.15) is 0 Å². The van der Waals surface area contributed by atoms with Crippen molar-refractivity contribution in [3.05, 3.63) is 20.8 Å². The third-order valence-electron chi connectivity index (χ3n) is 2.57. The van der Waals surface area contributed by atoms with Crippen molar-refractivity contribution in [3.8, 4) is 0 Å². The number of carboxylic acid groups (broad SMARTS) is 1. The summed E-state index contributed by atoms with van der Waals surface area (Å²) in [5, 5.41) is 11.4. The fraction of sp³-hybridized carbons (Fsp3) is 0.500. The van der Waals surface area contributed by atoms with Gasteiger partial charge in [0.05, 0.1) is 8.66 Å². The molecule has 1 atom stereocenters. The first-order valence-corrected chi connectivity index (χ1v) is 7.35. The number of aliphatic carboxylic acids is 1. The molecule has 6 heteroatoms. The second-order valence-corrected chi connectivity index (χ2v) is 6.65. The molecule has 0 aromatic carbocycles. The summed E-state index contributed by atoms with van der Waals surface area (Å²) in [6.45, 7) is 2.58. The molecule has 1 rings (SSSR count). The lowest BCUT2D eigenvalue weighted by Crippen LogP contribution is -2.24.